The van der Waals surface area contributed by atoms with Crippen molar-refractivity contribution in [1.82, 2.24) is 25.3 Å². The fourth-order valence-electron chi connectivity index (χ4n) is 3.11. The molecule has 0 saturated carbocycles. The highest BCUT2D eigenvalue weighted by Crippen LogP contribution is 2.14. The van der Waals surface area contributed by atoms with Crippen LogP contribution in [0.1, 0.15) is 23.9 Å². The number of hydrogen-bond donors (Lipinski definition) is 2. The van der Waals surface area contributed by atoms with E-state index < -0.39 is 0 Å². The first-order chi connectivity index (χ1) is 13.0. The molecule has 0 fully saturated rings. The number of nitrogens with zero attached hydrogens (tertiary/aromatic N) is 3. The fourth-order valence-corrected chi connectivity index (χ4v) is 3.33. The van der Waals surface area contributed by atoms with Gasteiger partial charge < -0.3 is 10.6 Å². The Balaban J connectivity index is 1.43. The molecule has 0 unspecified atom stereocenters. The lowest BCUT2D eigenvalue weighted by molar-refractivity contribution is -0.122. The number of fused-ring (bicyclic) bond motifs is 1. The van der Waals surface area contributed by atoms with Gasteiger partial charge in [-0.3, -0.25) is 19.2 Å². The quantitative estimate of drug-likeness (QED) is 0.749. The third-order valence-corrected chi connectivity index (χ3v) is 4.67. The Bertz CT molecular complexity index is 820. The van der Waals surface area contributed by atoms with Crippen molar-refractivity contribution in [2.75, 3.05) is 19.6 Å². The number of benzene rings is 1. The molecule has 3 rings (SSSR count). The Morgan fingerprint density at radius 3 is 2.85 bits per heavy atom. The summed E-state index contributed by atoms with van der Waals surface area (Å²) in [5.74, 6) is -0.0551. The second-order valence-corrected chi connectivity index (χ2v) is 7.14. The van der Waals surface area contributed by atoms with Crippen LogP contribution in [0.3, 0.4) is 0 Å². The molecule has 0 spiro atoms. The Labute approximate surface area is 163 Å². The van der Waals surface area contributed by atoms with Crippen LogP contribution in [-0.4, -0.2) is 46.1 Å². The van der Waals surface area contributed by atoms with Crippen molar-refractivity contribution in [2.45, 2.75) is 33.0 Å². The van der Waals surface area contributed by atoms with Gasteiger partial charge in [0.2, 0.25) is 11.8 Å². The van der Waals surface area contributed by atoms with E-state index in [1.165, 1.54) is 6.92 Å². The largest absolute Gasteiger partial charge is 0.355 e. The van der Waals surface area contributed by atoms with Gasteiger partial charge in [-0.15, -0.1) is 0 Å². The van der Waals surface area contributed by atoms with Gasteiger partial charge in [0.15, 0.2) is 0 Å². The maximum absolute atomic E-state index is 12.2. The zero-order chi connectivity index (χ0) is 19.2. The Morgan fingerprint density at radius 1 is 1.22 bits per heavy atom. The minimum Gasteiger partial charge on any atom is -0.355 e. The number of aromatic nitrogens is 2. The molecular formula is C19H24ClN5O2. The normalized spacial score (nSPS) is 13.9. The highest BCUT2D eigenvalue weighted by molar-refractivity contribution is 6.30. The molecule has 27 heavy (non-hydrogen) atoms. The third-order valence-electron chi connectivity index (χ3n) is 4.44. The van der Waals surface area contributed by atoms with Crippen molar-refractivity contribution in [1.29, 1.82) is 0 Å². The van der Waals surface area contributed by atoms with Gasteiger partial charge in [-0.2, -0.15) is 5.10 Å². The molecule has 2 heterocycles. The van der Waals surface area contributed by atoms with Crippen LogP contribution in [0.2, 0.25) is 5.02 Å². The van der Waals surface area contributed by atoms with Crippen LogP contribution >= 0.6 is 11.6 Å². The van der Waals surface area contributed by atoms with Crippen molar-refractivity contribution >= 4 is 23.4 Å². The summed E-state index contributed by atoms with van der Waals surface area (Å²) < 4.78 is 1.95. The molecule has 7 nitrogen and oxygen atoms in total. The van der Waals surface area contributed by atoms with Crippen LogP contribution in [-0.2, 0) is 35.6 Å². The Kier molecular flexibility index (Phi) is 6.47. The molecule has 2 aromatic rings. The minimum absolute atomic E-state index is 0.0171. The lowest BCUT2D eigenvalue weighted by Crippen LogP contribution is -2.41. The smallest absolute Gasteiger partial charge is 0.234 e. The molecule has 1 aromatic heterocycles. The minimum atomic E-state index is -0.0722. The monoisotopic (exact) mass is 389 g/mol. The first-order valence-corrected chi connectivity index (χ1v) is 9.41. The van der Waals surface area contributed by atoms with E-state index in [9.17, 15) is 9.59 Å². The van der Waals surface area contributed by atoms with E-state index in [2.05, 4.69) is 20.6 Å². The van der Waals surface area contributed by atoms with Gasteiger partial charge in [0.1, 0.15) is 0 Å². The molecular weight excluding hydrogens is 366 g/mol. The third kappa shape index (κ3) is 5.80. The maximum Gasteiger partial charge on any atom is 0.234 e. The average molecular weight is 390 g/mol. The topological polar surface area (TPSA) is 79.3 Å². The van der Waals surface area contributed by atoms with Gasteiger partial charge in [-0.25, -0.2) is 0 Å². The van der Waals surface area contributed by atoms with E-state index in [1.807, 2.05) is 35.0 Å². The first-order valence-electron chi connectivity index (χ1n) is 9.03. The first kappa shape index (κ1) is 19.4. The van der Waals surface area contributed by atoms with Crippen LogP contribution < -0.4 is 10.6 Å². The second-order valence-electron chi connectivity index (χ2n) is 6.70. The van der Waals surface area contributed by atoms with Gasteiger partial charge in [0.05, 0.1) is 31.0 Å². The molecule has 2 N–H and O–H groups in total. The number of carbonyl (C=O) groups excluding carboxylic acids is 2. The maximum atomic E-state index is 12.2. The van der Waals surface area contributed by atoms with Gasteiger partial charge in [-0.05, 0) is 30.2 Å². The van der Waals surface area contributed by atoms with Crippen LogP contribution in [0.15, 0.2) is 30.3 Å². The van der Waals surface area contributed by atoms with E-state index in [4.69, 9.17) is 11.6 Å². The van der Waals surface area contributed by atoms with Gasteiger partial charge in [-0.1, -0.05) is 23.7 Å². The number of halogens is 1. The van der Waals surface area contributed by atoms with E-state index in [0.29, 0.717) is 31.2 Å². The van der Waals surface area contributed by atoms with E-state index in [-0.39, 0.29) is 11.8 Å². The van der Waals surface area contributed by atoms with Crippen molar-refractivity contribution in [3.63, 3.8) is 0 Å². The van der Waals surface area contributed by atoms with Crippen LogP contribution in [0.4, 0.5) is 0 Å². The molecule has 1 aliphatic rings. The lowest BCUT2D eigenvalue weighted by Gasteiger charge is -2.26. The molecule has 0 atom stereocenters. The van der Waals surface area contributed by atoms with Crippen molar-refractivity contribution in [3.8, 4) is 0 Å². The highest BCUT2D eigenvalue weighted by atomic mass is 35.5. The van der Waals surface area contributed by atoms with Crippen molar-refractivity contribution in [2.24, 2.45) is 0 Å². The molecule has 0 radical (unpaired) electrons. The molecule has 0 aliphatic carbocycles. The van der Waals surface area contributed by atoms with Crippen LogP contribution in [0.5, 0.6) is 0 Å². The summed E-state index contributed by atoms with van der Waals surface area (Å²) in [7, 11) is 0. The fraction of sp³-hybridized carbons (Fsp3) is 0.421. The summed E-state index contributed by atoms with van der Waals surface area (Å²) in [5, 5.41) is 10.9. The summed E-state index contributed by atoms with van der Waals surface area (Å²) in [5.41, 5.74) is 3.01. The predicted octanol–water partition coefficient (Wildman–Crippen LogP) is 1.35. The summed E-state index contributed by atoms with van der Waals surface area (Å²) in [6.45, 7) is 5.06. The zero-order valence-corrected chi connectivity index (χ0v) is 16.1. The number of nitrogens with one attached hydrogen (secondary N) is 2. The standard InChI is InChI=1S/C19H24ClN5O2/c1-14(26)22-11-17-10-18-12-24(7-8-25(18)23-17)13-19(27)21-6-5-15-3-2-4-16(20)9-15/h2-4,9-10H,5-8,11-13H2,1H3,(H,21,27)(H,22,26). The molecule has 1 aliphatic heterocycles. The van der Waals surface area contributed by atoms with E-state index >= 15 is 0 Å². The van der Waals surface area contributed by atoms with E-state index in [1.54, 1.807) is 0 Å². The van der Waals surface area contributed by atoms with Crippen molar-refractivity contribution in [3.05, 3.63) is 52.3 Å². The van der Waals surface area contributed by atoms with Crippen LogP contribution in [0.25, 0.3) is 0 Å². The average Bonchev–Trinajstić information content (AvgIpc) is 3.02. The molecule has 2 amide bonds. The summed E-state index contributed by atoms with van der Waals surface area (Å²) in [6.07, 6.45) is 0.756. The molecule has 1 aromatic carbocycles. The Hall–Kier alpha value is -2.38. The van der Waals surface area contributed by atoms with E-state index in [0.717, 1.165) is 36.5 Å². The van der Waals surface area contributed by atoms with Gasteiger partial charge in [0.25, 0.3) is 0 Å². The molecule has 0 bridgehead atoms. The van der Waals surface area contributed by atoms with Crippen molar-refractivity contribution < 1.29 is 9.59 Å². The van der Waals surface area contributed by atoms with Crippen LogP contribution in [0, 0.1) is 0 Å². The summed E-state index contributed by atoms with van der Waals surface area (Å²) in [4.78, 5) is 25.3. The molecule has 8 heteroatoms. The number of carbonyl (C=O) groups is 2. The number of hydrogen-bond acceptors (Lipinski definition) is 4. The predicted molar refractivity (Wildman–Crippen MR) is 103 cm³/mol. The second kappa shape index (κ2) is 9.01. The van der Waals surface area contributed by atoms with Gasteiger partial charge >= 0.3 is 0 Å². The highest BCUT2D eigenvalue weighted by Gasteiger charge is 2.20. The SMILES string of the molecule is CC(=O)NCc1cc2n(n1)CCN(CC(=O)NCCc1cccc(Cl)c1)C2. The number of rotatable bonds is 7. The zero-order valence-electron chi connectivity index (χ0n) is 15.4. The molecule has 0 saturated heterocycles. The van der Waals surface area contributed by atoms with Gasteiger partial charge in [0, 0.05) is 31.6 Å². The lowest BCUT2D eigenvalue weighted by atomic mass is 10.1. The molecule has 144 valence electrons. The summed E-state index contributed by atoms with van der Waals surface area (Å²) >= 11 is 5.97. The number of amides is 2. The Morgan fingerprint density at radius 2 is 2.07 bits per heavy atom. The summed E-state index contributed by atoms with van der Waals surface area (Å²) in [6, 6.07) is 9.66.